The van der Waals surface area contributed by atoms with E-state index in [-0.39, 0.29) is 27.2 Å². The second-order valence-electron chi connectivity index (χ2n) is 6.12. The summed E-state index contributed by atoms with van der Waals surface area (Å²) in [5.41, 5.74) is -2.93. The Kier molecular flexibility index (Phi) is 7.98. The Hall–Kier alpha value is -2.27. The van der Waals surface area contributed by atoms with E-state index in [1.165, 1.54) is 25.1 Å². The van der Waals surface area contributed by atoms with Gasteiger partial charge in [-0.15, -0.1) is 0 Å². The maximum atomic E-state index is 13.2. The first-order valence-electron chi connectivity index (χ1n) is 8.59. The van der Waals surface area contributed by atoms with E-state index in [0.717, 1.165) is 11.6 Å². The van der Waals surface area contributed by atoms with Gasteiger partial charge in [-0.2, -0.15) is 25.9 Å². The lowest BCUT2D eigenvalue weighted by atomic mass is 10.1. The molecule has 0 heterocycles. The number of allylic oxidation sites excluding steroid dienone is 1. The molecule has 31 heavy (non-hydrogen) atoms. The molecule has 2 rings (SSSR count). The maximum absolute atomic E-state index is 13.2. The molecule has 1 amide bonds. The summed E-state index contributed by atoms with van der Waals surface area (Å²) in [5, 5.41) is 0.634. The molecule has 0 unspecified atom stereocenters. The third-order valence-electron chi connectivity index (χ3n) is 3.91. The van der Waals surface area contributed by atoms with Crippen molar-refractivity contribution >= 4 is 50.5 Å². The summed E-state index contributed by atoms with van der Waals surface area (Å²) in [6.45, 7) is 2.30. The second kappa shape index (κ2) is 9.90. The van der Waals surface area contributed by atoms with Gasteiger partial charge >= 0.3 is 15.5 Å². The van der Waals surface area contributed by atoms with Crippen molar-refractivity contribution in [3.8, 4) is 0 Å². The Morgan fingerprint density at radius 1 is 1.13 bits per heavy atom. The van der Waals surface area contributed by atoms with E-state index in [0.29, 0.717) is 11.9 Å². The molecule has 0 spiro atoms. The van der Waals surface area contributed by atoms with E-state index in [9.17, 15) is 26.4 Å². The van der Waals surface area contributed by atoms with Crippen molar-refractivity contribution < 1.29 is 31.2 Å². The molecular formula is C19H17Cl2F3N2O4S. The number of anilines is 1. The molecule has 0 atom stereocenters. The normalized spacial score (nSPS) is 12.5. The van der Waals surface area contributed by atoms with E-state index in [2.05, 4.69) is 5.48 Å². The predicted octanol–water partition coefficient (Wildman–Crippen LogP) is 5.28. The van der Waals surface area contributed by atoms with Crippen LogP contribution in [-0.2, 0) is 26.3 Å². The average molecular weight is 497 g/mol. The lowest BCUT2D eigenvalue weighted by Crippen LogP contribution is -2.44. The smallest absolute Gasteiger partial charge is 0.274 e. The van der Waals surface area contributed by atoms with E-state index in [1.807, 2.05) is 0 Å². The zero-order valence-corrected chi connectivity index (χ0v) is 18.5. The number of nitrogens with one attached hydrogen (secondary N) is 1. The Bertz CT molecular complexity index is 1090. The molecule has 0 radical (unpaired) electrons. The molecule has 0 fully saturated rings. The first-order valence-corrected chi connectivity index (χ1v) is 10.8. The molecule has 0 aliphatic rings. The van der Waals surface area contributed by atoms with Crippen molar-refractivity contribution in [1.29, 1.82) is 0 Å². The number of carbonyl (C=O) groups is 1. The number of amides is 1. The minimum Gasteiger partial charge on any atom is -0.274 e. The van der Waals surface area contributed by atoms with Crippen molar-refractivity contribution in [3.05, 3.63) is 69.7 Å². The van der Waals surface area contributed by atoms with Gasteiger partial charge in [0.1, 0.15) is 0 Å². The highest BCUT2D eigenvalue weighted by Gasteiger charge is 2.52. The van der Waals surface area contributed by atoms with Gasteiger partial charge in [0.05, 0.1) is 18.0 Å². The molecule has 6 nitrogen and oxygen atoms in total. The summed E-state index contributed by atoms with van der Waals surface area (Å²) in [5.74, 6) is -1.35. The summed E-state index contributed by atoms with van der Waals surface area (Å²) >= 11 is 11.8. The molecule has 2 aromatic carbocycles. The minimum atomic E-state index is -6.00. The van der Waals surface area contributed by atoms with Gasteiger partial charge in [-0.05, 0) is 42.8 Å². The molecule has 168 valence electrons. The van der Waals surface area contributed by atoms with Crippen LogP contribution in [-0.4, -0.2) is 19.8 Å². The number of carbonyl (C=O) groups excluding carboxylic acids is 1. The van der Waals surface area contributed by atoms with Crippen LogP contribution in [0.25, 0.3) is 5.70 Å². The fourth-order valence-electron chi connectivity index (χ4n) is 2.52. The summed E-state index contributed by atoms with van der Waals surface area (Å²) in [7, 11) is -6.00. The van der Waals surface area contributed by atoms with Crippen LogP contribution in [0.1, 0.15) is 25.0 Å². The number of nitrogens with zero attached hydrogens (tertiary/aromatic N) is 1. The standard InChI is InChI=1S/C19H17Cl2F3N2O4S/c1-3-17(25-30-11-13-4-6-14(20)7-5-13)16-10-15(21)8-9-18(16)26(12(2)27)31(28,29)19(22,23)24/h3-10,25H,11H2,1-2H3. The van der Waals surface area contributed by atoms with Gasteiger partial charge in [-0.3, -0.25) is 15.1 Å². The lowest BCUT2D eigenvalue weighted by molar-refractivity contribution is -0.115. The molecule has 2 aromatic rings. The maximum Gasteiger partial charge on any atom is 0.517 e. The average Bonchev–Trinajstić information content (AvgIpc) is 2.67. The molecule has 0 saturated heterocycles. The van der Waals surface area contributed by atoms with Crippen molar-refractivity contribution in [1.82, 2.24) is 5.48 Å². The van der Waals surface area contributed by atoms with Crippen molar-refractivity contribution in [2.24, 2.45) is 0 Å². The summed E-state index contributed by atoms with van der Waals surface area (Å²) in [4.78, 5) is 17.3. The molecule has 0 aromatic heterocycles. The van der Waals surface area contributed by atoms with E-state index < -0.39 is 27.1 Å². The van der Waals surface area contributed by atoms with Crippen LogP contribution in [0.5, 0.6) is 0 Å². The van der Waals surface area contributed by atoms with Gasteiger partial charge < -0.3 is 0 Å². The highest BCUT2D eigenvalue weighted by molar-refractivity contribution is 7.94. The van der Waals surface area contributed by atoms with Gasteiger partial charge in [0.2, 0.25) is 5.91 Å². The largest absolute Gasteiger partial charge is 0.517 e. The van der Waals surface area contributed by atoms with Crippen LogP contribution in [0.15, 0.2) is 48.5 Å². The topological polar surface area (TPSA) is 75.7 Å². The number of sulfonamides is 1. The van der Waals surface area contributed by atoms with Crippen LogP contribution < -0.4 is 9.79 Å². The summed E-state index contributed by atoms with van der Waals surface area (Å²) in [6, 6.07) is 10.1. The van der Waals surface area contributed by atoms with Gasteiger partial charge in [0.15, 0.2) is 0 Å². The fraction of sp³-hybridized carbons (Fsp3) is 0.211. The zero-order chi connectivity index (χ0) is 23.4. The van der Waals surface area contributed by atoms with E-state index >= 15 is 0 Å². The number of hydrogen-bond acceptors (Lipinski definition) is 5. The predicted molar refractivity (Wildman–Crippen MR) is 113 cm³/mol. The molecular weight excluding hydrogens is 480 g/mol. The summed E-state index contributed by atoms with van der Waals surface area (Å²) < 4.78 is 63.3. The van der Waals surface area contributed by atoms with Crippen LogP contribution in [0.3, 0.4) is 0 Å². The summed E-state index contributed by atoms with van der Waals surface area (Å²) in [6.07, 6.45) is 1.43. The number of rotatable bonds is 7. The number of halogens is 5. The second-order valence-corrected chi connectivity index (χ2v) is 8.77. The Morgan fingerprint density at radius 2 is 1.71 bits per heavy atom. The van der Waals surface area contributed by atoms with Crippen LogP contribution in [0, 0.1) is 0 Å². The molecule has 0 saturated carbocycles. The SMILES string of the molecule is CC=C(NOCc1ccc(Cl)cc1)c1cc(Cl)ccc1N(C(C)=O)S(=O)(=O)C(F)(F)F. The van der Waals surface area contributed by atoms with Gasteiger partial charge in [0.25, 0.3) is 0 Å². The van der Waals surface area contributed by atoms with Crippen molar-refractivity contribution in [2.45, 2.75) is 26.0 Å². The number of hydrogen-bond donors (Lipinski definition) is 1. The number of benzene rings is 2. The molecule has 12 heteroatoms. The zero-order valence-electron chi connectivity index (χ0n) is 16.2. The van der Waals surface area contributed by atoms with Gasteiger partial charge in [-0.1, -0.05) is 41.4 Å². The lowest BCUT2D eigenvalue weighted by Gasteiger charge is -2.25. The van der Waals surface area contributed by atoms with Gasteiger partial charge in [-0.25, -0.2) is 0 Å². The van der Waals surface area contributed by atoms with Crippen LogP contribution in [0.4, 0.5) is 18.9 Å². The van der Waals surface area contributed by atoms with Crippen LogP contribution >= 0.6 is 23.2 Å². The Labute approximate surface area is 187 Å². The highest BCUT2D eigenvalue weighted by atomic mass is 35.5. The first kappa shape index (κ1) is 25.0. The van der Waals surface area contributed by atoms with E-state index in [1.54, 1.807) is 24.3 Å². The van der Waals surface area contributed by atoms with Crippen molar-refractivity contribution in [3.63, 3.8) is 0 Å². The molecule has 0 aliphatic heterocycles. The van der Waals surface area contributed by atoms with E-state index in [4.69, 9.17) is 28.0 Å². The van der Waals surface area contributed by atoms with Crippen LogP contribution in [0.2, 0.25) is 10.0 Å². The third kappa shape index (κ3) is 5.91. The minimum absolute atomic E-state index is 0.0572. The monoisotopic (exact) mass is 496 g/mol. The quantitative estimate of drug-likeness (QED) is 0.527. The Balaban J connectivity index is 2.41. The Morgan fingerprint density at radius 3 is 2.23 bits per heavy atom. The first-order chi connectivity index (χ1) is 14.4. The van der Waals surface area contributed by atoms with Gasteiger partial charge in [0, 0.05) is 22.5 Å². The highest BCUT2D eigenvalue weighted by Crippen LogP contribution is 2.36. The molecule has 0 aliphatic carbocycles. The molecule has 1 N–H and O–H groups in total. The third-order valence-corrected chi connectivity index (χ3v) is 5.92. The fourth-order valence-corrected chi connectivity index (χ4v) is 3.78. The molecule has 0 bridgehead atoms. The number of hydroxylamine groups is 1. The number of alkyl halides is 3. The van der Waals surface area contributed by atoms with Crippen molar-refractivity contribution in [2.75, 3.05) is 4.31 Å².